The number of aliphatic carboxylic acids is 1. The van der Waals surface area contributed by atoms with E-state index in [1.807, 2.05) is 36.4 Å². The van der Waals surface area contributed by atoms with E-state index in [1.54, 1.807) is 0 Å². The first-order valence-corrected chi connectivity index (χ1v) is 8.37. The predicted octanol–water partition coefficient (Wildman–Crippen LogP) is 3.35. The van der Waals surface area contributed by atoms with Crippen LogP contribution in [0.3, 0.4) is 0 Å². The molecule has 0 heterocycles. The molecule has 1 amide bonds. The number of nitrogens with zero attached hydrogens (tertiary/aromatic N) is 1. The molecule has 0 radical (unpaired) electrons. The quantitative estimate of drug-likeness (QED) is 0.812. The van der Waals surface area contributed by atoms with Crippen molar-refractivity contribution >= 4 is 12.1 Å². The summed E-state index contributed by atoms with van der Waals surface area (Å²) < 4.78 is 5.45. The summed E-state index contributed by atoms with van der Waals surface area (Å²) in [6, 6.07) is 16.1. The molecular formula is C21H19NO4. The van der Waals surface area contributed by atoms with Crippen LogP contribution in [0.25, 0.3) is 11.1 Å². The lowest BCUT2D eigenvalue weighted by molar-refractivity contribution is -0.138. The largest absolute Gasteiger partial charge is 0.480 e. The monoisotopic (exact) mass is 349 g/mol. The number of carbonyl (C=O) groups is 2. The predicted molar refractivity (Wildman–Crippen MR) is 97.7 cm³/mol. The van der Waals surface area contributed by atoms with Crippen LogP contribution < -0.4 is 0 Å². The highest BCUT2D eigenvalue weighted by molar-refractivity contribution is 5.79. The van der Waals surface area contributed by atoms with Gasteiger partial charge in [0.1, 0.15) is 13.2 Å². The van der Waals surface area contributed by atoms with Gasteiger partial charge in [-0.05, 0) is 22.3 Å². The molecule has 0 unspecified atom stereocenters. The lowest BCUT2D eigenvalue weighted by Gasteiger charge is -2.21. The molecule has 0 saturated heterocycles. The zero-order chi connectivity index (χ0) is 18.5. The molecule has 0 atom stereocenters. The lowest BCUT2D eigenvalue weighted by Crippen LogP contribution is -2.37. The maximum atomic E-state index is 12.3. The van der Waals surface area contributed by atoms with Crippen molar-refractivity contribution in [2.45, 2.75) is 12.3 Å². The average molecular weight is 349 g/mol. The van der Waals surface area contributed by atoms with E-state index in [1.165, 1.54) is 0 Å². The van der Waals surface area contributed by atoms with Crippen molar-refractivity contribution in [2.24, 2.45) is 0 Å². The third-order valence-corrected chi connectivity index (χ3v) is 4.45. The molecule has 0 spiro atoms. The second-order valence-corrected chi connectivity index (χ2v) is 6.07. The molecule has 3 rings (SSSR count). The van der Waals surface area contributed by atoms with Gasteiger partial charge < -0.3 is 9.84 Å². The molecule has 0 bridgehead atoms. The summed E-state index contributed by atoms with van der Waals surface area (Å²) in [5, 5.41) is 8.97. The molecule has 5 heteroatoms. The number of ether oxygens (including phenoxy) is 1. The highest BCUT2D eigenvalue weighted by atomic mass is 16.6. The number of hydrogen-bond acceptors (Lipinski definition) is 3. The van der Waals surface area contributed by atoms with Crippen LogP contribution in [0.5, 0.6) is 0 Å². The van der Waals surface area contributed by atoms with Crippen LogP contribution in [0.4, 0.5) is 4.79 Å². The molecular weight excluding hydrogens is 330 g/mol. The van der Waals surface area contributed by atoms with Crippen molar-refractivity contribution in [3.05, 3.63) is 59.7 Å². The summed E-state index contributed by atoms with van der Waals surface area (Å²) in [6.45, 7) is -0.128. The van der Waals surface area contributed by atoms with Gasteiger partial charge in [-0.3, -0.25) is 9.69 Å². The molecule has 0 fully saturated rings. The van der Waals surface area contributed by atoms with E-state index in [0.29, 0.717) is 0 Å². The Bertz CT molecular complexity index is 823. The van der Waals surface area contributed by atoms with Gasteiger partial charge in [-0.25, -0.2) is 4.79 Å². The zero-order valence-corrected chi connectivity index (χ0v) is 14.2. The Hall–Kier alpha value is -3.26. The van der Waals surface area contributed by atoms with Gasteiger partial charge in [0.25, 0.3) is 0 Å². The SMILES string of the molecule is C#CCCN(CC(=O)O)C(=O)OCC1c2ccccc2-c2ccccc21. The van der Waals surface area contributed by atoms with Gasteiger partial charge in [0.15, 0.2) is 0 Å². The minimum Gasteiger partial charge on any atom is -0.480 e. The lowest BCUT2D eigenvalue weighted by atomic mass is 9.98. The maximum Gasteiger partial charge on any atom is 0.410 e. The number of carboxylic acid groups (broad SMARTS) is 1. The van der Waals surface area contributed by atoms with Gasteiger partial charge in [-0.1, -0.05) is 48.5 Å². The molecule has 132 valence electrons. The highest BCUT2D eigenvalue weighted by Crippen LogP contribution is 2.44. The Morgan fingerprint density at radius 2 is 1.65 bits per heavy atom. The van der Waals surface area contributed by atoms with Crippen molar-refractivity contribution in [2.75, 3.05) is 19.7 Å². The number of amides is 1. The van der Waals surface area contributed by atoms with Crippen LogP contribution in [0, 0.1) is 12.3 Å². The van der Waals surface area contributed by atoms with Crippen LogP contribution in [-0.2, 0) is 9.53 Å². The van der Waals surface area contributed by atoms with Gasteiger partial charge in [-0.2, -0.15) is 0 Å². The summed E-state index contributed by atoms with van der Waals surface area (Å²) in [5.74, 6) is 1.24. The minimum absolute atomic E-state index is 0.0642. The number of fused-ring (bicyclic) bond motifs is 3. The van der Waals surface area contributed by atoms with Crippen molar-refractivity contribution in [3.63, 3.8) is 0 Å². The number of terminal acetylenes is 1. The van der Waals surface area contributed by atoms with E-state index in [4.69, 9.17) is 16.3 Å². The second-order valence-electron chi connectivity index (χ2n) is 6.07. The Kier molecular flexibility index (Phi) is 5.23. The average Bonchev–Trinajstić information content (AvgIpc) is 2.97. The zero-order valence-electron chi connectivity index (χ0n) is 14.2. The topological polar surface area (TPSA) is 66.8 Å². The maximum absolute atomic E-state index is 12.3. The Morgan fingerprint density at radius 1 is 1.08 bits per heavy atom. The molecule has 5 nitrogen and oxygen atoms in total. The van der Waals surface area contributed by atoms with E-state index in [0.717, 1.165) is 27.2 Å². The number of benzene rings is 2. The number of rotatable bonds is 6. The van der Waals surface area contributed by atoms with Crippen molar-refractivity contribution in [3.8, 4) is 23.5 Å². The van der Waals surface area contributed by atoms with E-state index in [9.17, 15) is 9.59 Å². The molecule has 0 aromatic heterocycles. The van der Waals surface area contributed by atoms with Gasteiger partial charge in [0.2, 0.25) is 0 Å². The van der Waals surface area contributed by atoms with Crippen LogP contribution in [0.2, 0.25) is 0 Å². The smallest absolute Gasteiger partial charge is 0.410 e. The Labute approximate surface area is 152 Å². The van der Waals surface area contributed by atoms with Gasteiger partial charge >= 0.3 is 12.1 Å². The van der Waals surface area contributed by atoms with Crippen LogP contribution in [0.1, 0.15) is 23.5 Å². The molecule has 1 aliphatic rings. The molecule has 2 aromatic carbocycles. The summed E-state index contributed by atoms with van der Waals surface area (Å²) in [6.07, 6.45) is 4.82. The highest BCUT2D eigenvalue weighted by Gasteiger charge is 2.29. The summed E-state index contributed by atoms with van der Waals surface area (Å²) in [5.41, 5.74) is 4.49. The fourth-order valence-corrected chi connectivity index (χ4v) is 3.28. The first-order valence-electron chi connectivity index (χ1n) is 8.37. The fraction of sp³-hybridized carbons (Fsp3) is 0.238. The molecule has 1 N–H and O–H groups in total. The van der Waals surface area contributed by atoms with Crippen molar-refractivity contribution in [1.82, 2.24) is 4.90 Å². The van der Waals surface area contributed by atoms with Crippen LogP contribution >= 0.6 is 0 Å². The standard InChI is InChI=1S/C21H19NO4/c1-2-3-12-22(13-20(23)24)21(25)26-14-19-17-10-6-4-8-15(17)16-9-5-7-11-18(16)19/h1,4-11,19H,3,12-14H2,(H,23,24). The molecule has 1 aliphatic carbocycles. The molecule has 2 aromatic rings. The molecule has 0 aliphatic heterocycles. The van der Waals surface area contributed by atoms with Gasteiger partial charge in [0.05, 0.1) is 0 Å². The number of hydrogen-bond donors (Lipinski definition) is 1. The van der Waals surface area contributed by atoms with E-state index in [-0.39, 0.29) is 25.5 Å². The normalized spacial score (nSPS) is 12.0. The summed E-state index contributed by atoms with van der Waals surface area (Å²) in [7, 11) is 0. The Balaban J connectivity index is 1.75. The summed E-state index contributed by atoms with van der Waals surface area (Å²) in [4.78, 5) is 24.4. The molecule has 26 heavy (non-hydrogen) atoms. The van der Waals surface area contributed by atoms with Crippen molar-refractivity contribution in [1.29, 1.82) is 0 Å². The van der Waals surface area contributed by atoms with E-state index in [2.05, 4.69) is 18.1 Å². The van der Waals surface area contributed by atoms with Crippen LogP contribution in [-0.4, -0.2) is 41.8 Å². The first-order chi connectivity index (χ1) is 12.6. The van der Waals surface area contributed by atoms with Crippen LogP contribution in [0.15, 0.2) is 48.5 Å². The third kappa shape index (κ3) is 3.55. The number of carbonyl (C=O) groups excluding carboxylic acids is 1. The molecule has 0 saturated carbocycles. The van der Waals surface area contributed by atoms with E-state index >= 15 is 0 Å². The Morgan fingerprint density at radius 3 is 2.19 bits per heavy atom. The van der Waals surface area contributed by atoms with Gasteiger partial charge in [0, 0.05) is 18.9 Å². The summed E-state index contributed by atoms with van der Waals surface area (Å²) >= 11 is 0. The third-order valence-electron chi connectivity index (χ3n) is 4.45. The minimum atomic E-state index is -1.10. The van der Waals surface area contributed by atoms with E-state index < -0.39 is 18.6 Å². The van der Waals surface area contributed by atoms with Crippen molar-refractivity contribution < 1.29 is 19.4 Å². The first kappa shape index (κ1) is 17.6. The fourth-order valence-electron chi connectivity index (χ4n) is 3.28. The number of carboxylic acids is 1. The second kappa shape index (κ2) is 7.75. The van der Waals surface area contributed by atoms with Gasteiger partial charge in [-0.15, -0.1) is 12.3 Å².